The molecule has 1 N–H and O–H groups in total. The van der Waals surface area contributed by atoms with Gasteiger partial charge in [-0.25, -0.2) is 0 Å². The minimum atomic E-state index is -0.105. The molecule has 0 saturated carbocycles. The average molecular weight is 314 g/mol. The second kappa shape index (κ2) is 5.85. The van der Waals surface area contributed by atoms with E-state index in [4.69, 9.17) is 16.3 Å². The molecule has 1 amide bonds. The van der Waals surface area contributed by atoms with Crippen LogP contribution < -0.4 is 10.1 Å². The highest BCUT2D eigenvalue weighted by molar-refractivity contribution is 6.36. The first-order valence-corrected chi connectivity index (χ1v) is 7.50. The fourth-order valence-corrected chi connectivity index (χ4v) is 2.81. The minimum Gasteiger partial charge on any atom is -0.496 e. The molecule has 0 spiro atoms. The summed E-state index contributed by atoms with van der Waals surface area (Å²) in [6.45, 7) is 2.08. The van der Waals surface area contributed by atoms with Crippen molar-refractivity contribution in [1.29, 1.82) is 0 Å². The summed E-state index contributed by atoms with van der Waals surface area (Å²) in [5.41, 5.74) is 4.38. The van der Waals surface area contributed by atoms with E-state index in [1.165, 1.54) is 0 Å². The van der Waals surface area contributed by atoms with Gasteiger partial charge < -0.3 is 10.1 Å². The van der Waals surface area contributed by atoms with Crippen LogP contribution in [0.4, 0.5) is 5.69 Å². The number of methoxy groups -OCH3 is 1. The van der Waals surface area contributed by atoms with E-state index in [2.05, 4.69) is 12.2 Å². The van der Waals surface area contributed by atoms with Gasteiger partial charge in [-0.15, -0.1) is 0 Å². The van der Waals surface area contributed by atoms with E-state index >= 15 is 0 Å². The SMILES string of the molecule is CCc1cc(/C=C2/C(=O)Nc3cc(Cl)ccc32)ccc1OC. The summed E-state index contributed by atoms with van der Waals surface area (Å²) >= 11 is 5.97. The molecule has 0 bridgehead atoms. The number of benzene rings is 2. The number of hydrogen-bond acceptors (Lipinski definition) is 2. The first-order valence-electron chi connectivity index (χ1n) is 7.12. The number of halogens is 1. The maximum absolute atomic E-state index is 12.2. The minimum absolute atomic E-state index is 0.105. The lowest BCUT2D eigenvalue weighted by atomic mass is 10.0. The molecule has 1 heterocycles. The quantitative estimate of drug-likeness (QED) is 0.853. The lowest BCUT2D eigenvalue weighted by Gasteiger charge is -2.07. The lowest BCUT2D eigenvalue weighted by molar-refractivity contribution is -0.110. The molecule has 3 rings (SSSR count). The van der Waals surface area contributed by atoms with Crippen molar-refractivity contribution in [2.24, 2.45) is 0 Å². The van der Waals surface area contributed by atoms with Crippen molar-refractivity contribution >= 4 is 34.8 Å². The Balaban J connectivity index is 2.04. The molecule has 4 heteroatoms. The first kappa shape index (κ1) is 14.7. The third kappa shape index (κ3) is 2.60. The van der Waals surface area contributed by atoms with Gasteiger partial charge in [0, 0.05) is 16.2 Å². The van der Waals surface area contributed by atoms with Crippen LogP contribution in [0.5, 0.6) is 5.75 Å². The van der Waals surface area contributed by atoms with Crippen molar-refractivity contribution in [1.82, 2.24) is 0 Å². The Morgan fingerprint density at radius 1 is 1.23 bits per heavy atom. The Hall–Kier alpha value is -2.26. The molecule has 2 aromatic rings. The van der Waals surface area contributed by atoms with Crippen LogP contribution in [0.2, 0.25) is 5.02 Å². The Morgan fingerprint density at radius 2 is 2.05 bits per heavy atom. The van der Waals surface area contributed by atoms with E-state index in [1.54, 1.807) is 19.2 Å². The van der Waals surface area contributed by atoms with Gasteiger partial charge in [0.25, 0.3) is 5.91 Å². The van der Waals surface area contributed by atoms with E-state index < -0.39 is 0 Å². The number of hydrogen-bond donors (Lipinski definition) is 1. The lowest BCUT2D eigenvalue weighted by Crippen LogP contribution is -2.03. The van der Waals surface area contributed by atoms with Crippen LogP contribution in [0.1, 0.15) is 23.6 Å². The number of ether oxygens (including phenoxy) is 1. The largest absolute Gasteiger partial charge is 0.496 e. The predicted octanol–water partition coefficient (Wildman–Crippen LogP) is 4.40. The molecule has 0 radical (unpaired) electrons. The van der Waals surface area contributed by atoms with E-state index in [1.807, 2.05) is 30.3 Å². The molecular weight excluding hydrogens is 298 g/mol. The monoisotopic (exact) mass is 313 g/mol. The molecule has 0 aromatic heterocycles. The van der Waals surface area contributed by atoms with Crippen molar-refractivity contribution in [3.05, 3.63) is 58.1 Å². The van der Waals surface area contributed by atoms with Crippen molar-refractivity contribution in [3.63, 3.8) is 0 Å². The third-order valence-electron chi connectivity index (χ3n) is 3.76. The average Bonchev–Trinajstić information content (AvgIpc) is 2.82. The smallest absolute Gasteiger partial charge is 0.256 e. The summed E-state index contributed by atoms with van der Waals surface area (Å²) < 4.78 is 5.34. The van der Waals surface area contributed by atoms with Gasteiger partial charge in [-0.3, -0.25) is 4.79 Å². The van der Waals surface area contributed by atoms with Crippen LogP contribution in [0.15, 0.2) is 36.4 Å². The van der Waals surface area contributed by atoms with E-state index in [9.17, 15) is 4.79 Å². The molecule has 112 valence electrons. The highest BCUT2D eigenvalue weighted by atomic mass is 35.5. The summed E-state index contributed by atoms with van der Waals surface area (Å²) in [5, 5.41) is 3.45. The van der Waals surface area contributed by atoms with Gasteiger partial charge in [-0.05, 0) is 47.9 Å². The van der Waals surface area contributed by atoms with Crippen LogP contribution in [-0.4, -0.2) is 13.0 Å². The number of nitrogens with one attached hydrogen (secondary N) is 1. The van der Waals surface area contributed by atoms with Crippen molar-refractivity contribution in [2.45, 2.75) is 13.3 Å². The molecule has 22 heavy (non-hydrogen) atoms. The molecule has 1 aliphatic heterocycles. The number of rotatable bonds is 3. The van der Waals surface area contributed by atoms with Gasteiger partial charge in [-0.2, -0.15) is 0 Å². The second-order valence-electron chi connectivity index (χ2n) is 5.13. The number of carbonyl (C=O) groups is 1. The molecule has 1 aliphatic rings. The number of carbonyl (C=O) groups excluding carboxylic acids is 1. The standard InChI is InChI=1S/C18H16ClNO2/c1-3-12-8-11(4-7-17(12)22-2)9-15-14-6-5-13(19)10-16(14)20-18(15)21/h4-10H,3H2,1-2H3,(H,20,21)/b15-9+. The normalized spacial score (nSPS) is 14.9. The van der Waals surface area contributed by atoms with Gasteiger partial charge in [0.2, 0.25) is 0 Å². The molecule has 0 aliphatic carbocycles. The van der Waals surface area contributed by atoms with Crippen LogP contribution in [0.25, 0.3) is 11.6 Å². The Kier molecular flexibility index (Phi) is 3.90. The van der Waals surface area contributed by atoms with Gasteiger partial charge in [0.1, 0.15) is 5.75 Å². The topological polar surface area (TPSA) is 38.3 Å². The zero-order valence-electron chi connectivity index (χ0n) is 12.4. The van der Waals surface area contributed by atoms with E-state index in [-0.39, 0.29) is 5.91 Å². The van der Waals surface area contributed by atoms with Gasteiger partial charge in [0.05, 0.1) is 12.8 Å². The van der Waals surface area contributed by atoms with Crippen LogP contribution in [-0.2, 0) is 11.2 Å². The Labute approximate surface area is 134 Å². The van der Waals surface area contributed by atoms with E-state index in [0.29, 0.717) is 10.6 Å². The van der Waals surface area contributed by atoms with Gasteiger partial charge in [-0.1, -0.05) is 30.7 Å². The number of anilines is 1. The maximum atomic E-state index is 12.2. The molecule has 0 fully saturated rings. The molecule has 0 unspecified atom stereocenters. The zero-order chi connectivity index (χ0) is 15.7. The van der Waals surface area contributed by atoms with Crippen LogP contribution in [0, 0.1) is 0 Å². The maximum Gasteiger partial charge on any atom is 0.256 e. The zero-order valence-corrected chi connectivity index (χ0v) is 13.2. The van der Waals surface area contributed by atoms with Gasteiger partial charge in [0.15, 0.2) is 0 Å². The summed E-state index contributed by atoms with van der Waals surface area (Å²) in [5.74, 6) is 0.763. The number of fused-ring (bicyclic) bond motifs is 1. The number of aryl methyl sites for hydroxylation is 1. The molecule has 3 nitrogen and oxygen atoms in total. The number of amides is 1. The molecule has 0 atom stereocenters. The Bertz CT molecular complexity index is 781. The summed E-state index contributed by atoms with van der Waals surface area (Å²) in [7, 11) is 1.66. The van der Waals surface area contributed by atoms with Crippen LogP contribution >= 0.6 is 11.6 Å². The summed E-state index contributed by atoms with van der Waals surface area (Å²) in [6, 6.07) is 11.4. The summed E-state index contributed by atoms with van der Waals surface area (Å²) in [6.07, 6.45) is 2.77. The molecule has 2 aromatic carbocycles. The highest BCUT2D eigenvalue weighted by Crippen LogP contribution is 2.35. The molecule has 0 saturated heterocycles. The second-order valence-corrected chi connectivity index (χ2v) is 5.56. The predicted molar refractivity (Wildman–Crippen MR) is 90.3 cm³/mol. The van der Waals surface area contributed by atoms with Crippen molar-refractivity contribution in [2.75, 3.05) is 12.4 Å². The van der Waals surface area contributed by atoms with E-state index in [0.717, 1.165) is 34.5 Å². The fourth-order valence-electron chi connectivity index (χ4n) is 2.64. The Morgan fingerprint density at radius 3 is 2.77 bits per heavy atom. The highest BCUT2D eigenvalue weighted by Gasteiger charge is 2.24. The third-order valence-corrected chi connectivity index (χ3v) is 4.00. The fraction of sp³-hybridized carbons (Fsp3) is 0.167. The molecular formula is C18H16ClNO2. The van der Waals surface area contributed by atoms with Crippen molar-refractivity contribution < 1.29 is 9.53 Å². The first-order chi connectivity index (χ1) is 10.6. The van der Waals surface area contributed by atoms with Crippen molar-refractivity contribution in [3.8, 4) is 5.75 Å². The van der Waals surface area contributed by atoms with Crippen LogP contribution in [0.3, 0.4) is 0 Å². The van der Waals surface area contributed by atoms with Gasteiger partial charge >= 0.3 is 0 Å². The summed E-state index contributed by atoms with van der Waals surface area (Å²) in [4.78, 5) is 12.2.